The van der Waals surface area contributed by atoms with Crippen LogP contribution in [0.4, 0.5) is 5.82 Å². The zero-order valence-electron chi connectivity index (χ0n) is 10.4. The Hall–Kier alpha value is -1.82. The first-order chi connectivity index (χ1) is 9.13. The molecule has 0 radical (unpaired) electrons. The van der Waals surface area contributed by atoms with E-state index in [2.05, 4.69) is 15.0 Å². The monoisotopic (exact) mass is 280 g/mol. The maximum absolute atomic E-state index is 11.4. The summed E-state index contributed by atoms with van der Waals surface area (Å²) in [5, 5.41) is 0.282. The van der Waals surface area contributed by atoms with Gasteiger partial charge in [0.05, 0.1) is 5.69 Å². The maximum atomic E-state index is 11.4. The number of aryl methyl sites for hydroxylation is 1. The van der Waals surface area contributed by atoms with Crippen LogP contribution in [-0.4, -0.2) is 21.5 Å². The highest BCUT2D eigenvalue weighted by Gasteiger charge is 2.31. The van der Waals surface area contributed by atoms with E-state index in [9.17, 15) is 4.79 Å². The van der Waals surface area contributed by atoms with Crippen molar-refractivity contribution >= 4 is 17.4 Å². The number of hydrogen-bond donors (Lipinski definition) is 1. The molecule has 6 nitrogen and oxygen atoms in total. The molecule has 0 aromatic carbocycles. The fraction of sp³-hybridized carbons (Fsp3) is 0.417. The third kappa shape index (κ3) is 2.35. The highest BCUT2D eigenvalue weighted by Crippen LogP contribution is 2.34. The summed E-state index contributed by atoms with van der Waals surface area (Å²) in [5.74, 6) is 1.22. The molecular weight excluding hydrogens is 268 g/mol. The molecule has 3 heterocycles. The Bertz CT molecular complexity index is 651. The second-order valence-electron chi connectivity index (χ2n) is 4.57. The van der Waals surface area contributed by atoms with E-state index in [4.69, 9.17) is 16.0 Å². The summed E-state index contributed by atoms with van der Waals surface area (Å²) in [6.07, 6.45) is 3.55. The van der Waals surface area contributed by atoms with Crippen LogP contribution < -0.4 is 10.6 Å². The van der Waals surface area contributed by atoms with Gasteiger partial charge in [-0.25, -0.2) is 9.78 Å². The van der Waals surface area contributed by atoms with Gasteiger partial charge in [-0.15, -0.1) is 0 Å². The molecule has 7 heteroatoms. The SMILES string of the molecule is Cc1coc(C2CCCN2c2cc(Cl)[nH]c(=O)n2)n1. The minimum atomic E-state index is -0.447. The number of aromatic nitrogens is 3. The minimum absolute atomic E-state index is 0.0130. The van der Waals surface area contributed by atoms with Crippen LogP contribution in [0.15, 0.2) is 21.5 Å². The Morgan fingerprint density at radius 1 is 1.53 bits per heavy atom. The molecule has 0 spiro atoms. The van der Waals surface area contributed by atoms with Gasteiger partial charge in [-0.3, -0.25) is 4.98 Å². The number of nitrogens with zero attached hydrogens (tertiary/aromatic N) is 3. The fourth-order valence-corrected chi connectivity index (χ4v) is 2.56. The third-order valence-corrected chi connectivity index (χ3v) is 3.37. The minimum Gasteiger partial charge on any atom is -0.446 e. The molecule has 2 aromatic heterocycles. The fourth-order valence-electron chi connectivity index (χ4n) is 2.39. The molecule has 0 saturated carbocycles. The van der Waals surface area contributed by atoms with Gasteiger partial charge in [-0.2, -0.15) is 4.98 Å². The van der Waals surface area contributed by atoms with Crippen molar-refractivity contribution in [3.8, 4) is 0 Å². The molecule has 100 valence electrons. The number of hydrogen-bond acceptors (Lipinski definition) is 5. The summed E-state index contributed by atoms with van der Waals surface area (Å²) in [4.78, 5) is 24.1. The summed E-state index contributed by atoms with van der Waals surface area (Å²) >= 11 is 5.87. The van der Waals surface area contributed by atoms with E-state index in [1.807, 2.05) is 11.8 Å². The number of rotatable bonds is 2. The van der Waals surface area contributed by atoms with Gasteiger partial charge in [0, 0.05) is 12.6 Å². The van der Waals surface area contributed by atoms with E-state index < -0.39 is 5.69 Å². The van der Waals surface area contributed by atoms with Crippen LogP contribution in [0.25, 0.3) is 0 Å². The van der Waals surface area contributed by atoms with Crippen LogP contribution in [0.2, 0.25) is 5.15 Å². The first kappa shape index (κ1) is 12.2. The largest absolute Gasteiger partial charge is 0.446 e. The normalized spacial score (nSPS) is 19.1. The molecular formula is C12H13ClN4O2. The van der Waals surface area contributed by atoms with E-state index >= 15 is 0 Å². The molecule has 1 unspecified atom stereocenters. The molecule has 0 aliphatic carbocycles. The Kier molecular flexibility index (Phi) is 3.02. The van der Waals surface area contributed by atoms with Gasteiger partial charge in [0.2, 0.25) is 5.89 Å². The number of oxazole rings is 1. The number of nitrogens with one attached hydrogen (secondary N) is 1. The lowest BCUT2D eigenvalue weighted by Crippen LogP contribution is -2.26. The zero-order chi connectivity index (χ0) is 13.4. The van der Waals surface area contributed by atoms with Crippen molar-refractivity contribution in [2.24, 2.45) is 0 Å². The summed E-state index contributed by atoms with van der Waals surface area (Å²) in [7, 11) is 0. The first-order valence-electron chi connectivity index (χ1n) is 6.09. The van der Waals surface area contributed by atoms with Crippen molar-refractivity contribution in [2.75, 3.05) is 11.4 Å². The standard InChI is InChI=1S/C12H13ClN4O2/c1-7-6-19-11(14-7)8-3-2-4-17(8)10-5-9(13)15-12(18)16-10/h5-6,8H,2-4H2,1H3,(H,15,16,18). The lowest BCUT2D eigenvalue weighted by atomic mass is 10.2. The zero-order valence-corrected chi connectivity index (χ0v) is 11.1. The van der Waals surface area contributed by atoms with Crippen molar-refractivity contribution in [3.05, 3.63) is 39.6 Å². The van der Waals surface area contributed by atoms with Gasteiger partial charge in [-0.1, -0.05) is 11.6 Å². The lowest BCUT2D eigenvalue weighted by Gasteiger charge is -2.22. The highest BCUT2D eigenvalue weighted by molar-refractivity contribution is 6.29. The van der Waals surface area contributed by atoms with Gasteiger partial charge in [0.1, 0.15) is 23.3 Å². The second kappa shape index (κ2) is 4.70. The molecule has 0 amide bonds. The third-order valence-electron chi connectivity index (χ3n) is 3.17. The molecule has 0 bridgehead atoms. The predicted molar refractivity (Wildman–Crippen MR) is 70.4 cm³/mol. The van der Waals surface area contributed by atoms with Gasteiger partial charge < -0.3 is 9.32 Å². The molecule has 19 heavy (non-hydrogen) atoms. The van der Waals surface area contributed by atoms with Crippen molar-refractivity contribution < 1.29 is 4.42 Å². The topological polar surface area (TPSA) is 75.0 Å². The molecule has 1 saturated heterocycles. The Balaban J connectivity index is 1.97. The quantitative estimate of drug-likeness (QED) is 0.852. The molecule has 2 aromatic rings. The number of anilines is 1. The van der Waals surface area contributed by atoms with E-state index in [1.54, 1.807) is 12.3 Å². The van der Waals surface area contributed by atoms with Crippen molar-refractivity contribution in [1.82, 2.24) is 15.0 Å². The molecule has 1 aliphatic rings. The van der Waals surface area contributed by atoms with Crippen molar-refractivity contribution in [2.45, 2.75) is 25.8 Å². The predicted octanol–water partition coefficient (Wildman–Crippen LogP) is 2.06. The number of aromatic amines is 1. The lowest BCUT2D eigenvalue weighted by molar-refractivity contribution is 0.448. The van der Waals surface area contributed by atoms with Gasteiger partial charge in [-0.05, 0) is 19.8 Å². The summed E-state index contributed by atoms with van der Waals surface area (Å²) in [5.41, 5.74) is 0.399. The summed E-state index contributed by atoms with van der Waals surface area (Å²) in [6, 6.07) is 1.66. The van der Waals surface area contributed by atoms with Crippen LogP contribution >= 0.6 is 11.6 Å². The summed E-state index contributed by atoms with van der Waals surface area (Å²) in [6.45, 7) is 2.69. The second-order valence-corrected chi connectivity index (χ2v) is 4.98. The van der Waals surface area contributed by atoms with Crippen LogP contribution in [0, 0.1) is 6.92 Å². The average molecular weight is 281 g/mol. The maximum Gasteiger partial charge on any atom is 0.348 e. The van der Waals surface area contributed by atoms with E-state index in [1.165, 1.54) is 0 Å². The van der Waals surface area contributed by atoms with Crippen LogP contribution in [0.1, 0.15) is 30.5 Å². The van der Waals surface area contributed by atoms with Crippen LogP contribution in [0.5, 0.6) is 0 Å². The number of H-pyrrole nitrogens is 1. The molecule has 3 rings (SSSR count). The summed E-state index contributed by atoms with van der Waals surface area (Å²) < 4.78 is 5.46. The van der Waals surface area contributed by atoms with Crippen molar-refractivity contribution in [1.29, 1.82) is 0 Å². The Morgan fingerprint density at radius 2 is 2.37 bits per heavy atom. The smallest absolute Gasteiger partial charge is 0.348 e. The van der Waals surface area contributed by atoms with E-state index in [-0.39, 0.29) is 11.2 Å². The average Bonchev–Trinajstić information content (AvgIpc) is 2.95. The molecule has 1 fully saturated rings. The van der Waals surface area contributed by atoms with Gasteiger partial charge in [0.15, 0.2) is 0 Å². The molecule has 1 N–H and O–H groups in total. The van der Waals surface area contributed by atoms with Gasteiger partial charge in [0.25, 0.3) is 0 Å². The van der Waals surface area contributed by atoms with Crippen LogP contribution in [-0.2, 0) is 0 Å². The Labute approximate surface area is 114 Å². The van der Waals surface area contributed by atoms with Crippen LogP contribution in [0.3, 0.4) is 0 Å². The molecule has 1 atom stereocenters. The first-order valence-corrected chi connectivity index (χ1v) is 6.47. The Morgan fingerprint density at radius 3 is 3.05 bits per heavy atom. The van der Waals surface area contributed by atoms with E-state index in [0.717, 1.165) is 25.1 Å². The molecule has 1 aliphatic heterocycles. The highest BCUT2D eigenvalue weighted by atomic mass is 35.5. The van der Waals surface area contributed by atoms with Gasteiger partial charge >= 0.3 is 5.69 Å². The number of halogens is 1. The van der Waals surface area contributed by atoms with E-state index in [0.29, 0.717) is 11.7 Å². The van der Waals surface area contributed by atoms with Crippen molar-refractivity contribution in [3.63, 3.8) is 0 Å².